The molecule has 0 bridgehead atoms. The van der Waals surface area contributed by atoms with Crippen molar-refractivity contribution in [1.82, 2.24) is 0 Å². The zero-order chi connectivity index (χ0) is 6.69. The van der Waals surface area contributed by atoms with Crippen LogP contribution >= 0.6 is 11.6 Å². The molecule has 0 aromatic carbocycles. The summed E-state index contributed by atoms with van der Waals surface area (Å²) in [6.07, 6.45) is 4.68. The zero-order valence-electron chi connectivity index (χ0n) is 4.64. The van der Waals surface area contributed by atoms with Gasteiger partial charge in [-0.05, 0) is 18.6 Å². The number of aliphatic imine (C=N–C) groups is 1. The molecule has 1 nitrogen and oxygen atoms in total. The third-order valence-corrected chi connectivity index (χ3v) is 1.16. The molecular weight excluding hydrogens is 141 g/mol. The van der Waals surface area contributed by atoms with E-state index in [1.807, 2.05) is 0 Å². The number of nitrogens with zero attached hydrogens (tertiary/aromatic N) is 1. The average Bonchev–Trinajstić information content (AvgIpc) is 1.97. The summed E-state index contributed by atoms with van der Waals surface area (Å²) in [7, 11) is 0. The molecular formula is C6H5ClFN. The molecule has 0 N–H and O–H groups in total. The zero-order valence-corrected chi connectivity index (χ0v) is 5.40. The standard InChI is InChI=1S/C6H5ClFN/c7-6-3-1-2-5(8)4-9-6/h2-4H,1H2. The van der Waals surface area contributed by atoms with Crippen LogP contribution in [0.5, 0.6) is 0 Å². The van der Waals surface area contributed by atoms with Gasteiger partial charge in [0.25, 0.3) is 0 Å². The first-order valence-corrected chi connectivity index (χ1v) is 2.92. The Kier molecular flexibility index (Phi) is 2.01. The van der Waals surface area contributed by atoms with Gasteiger partial charge in [-0.1, -0.05) is 11.6 Å². The molecule has 1 aliphatic rings. The second-order valence-corrected chi connectivity index (χ2v) is 2.00. The van der Waals surface area contributed by atoms with Gasteiger partial charge in [-0.2, -0.15) is 0 Å². The van der Waals surface area contributed by atoms with Gasteiger partial charge in [0.15, 0.2) is 0 Å². The van der Waals surface area contributed by atoms with Gasteiger partial charge in [0.2, 0.25) is 0 Å². The third-order valence-electron chi connectivity index (χ3n) is 0.910. The van der Waals surface area contributed by atoms with Crippen molar-refractivity contribution in [2.75, 3.05) is 0 Å². The van der Waals surface area contributed by atoms with Gasteiger partial charge in [0, 0.05) is 0 Å². The number of allylic oxidation sites excluding steroid dienone is 3. The van der Waals surface area contributed by atoms with Gasteiger partial charge >= 0.3 is 0 Å². The fraction of sp³-hybridized carbons (Fsp3) is 0.167. The normalized spacial score (nSPS) is 18.4. The first-order valence-electron chi connectivity index (χ1n) is 2.54. The smallest absolute Gasteiger partial charge is 0.137 e. The Morgan fingerprint density at radius 3 is 3.11 bits per heavy atom. The average molecular weight is 146 g/mol. The fourth-order valence-corrected chi connectivity index (χ4v) is 0.635. The van der Waals surface area contributed by atoms with Crippen molar-refractivity contribution >= 4 is 17.8 Å². The van der Waals surface area contributed by atoms with E-state index in [4.69, 9.17) is 11.6 Å². The summed E-state index contributed by atoms with van der Waals surface area (Å²) in [5.41, 5.74) is 0. The summed E-state index contributed by atoms with van der Waals surface area (Å²) in [5.74, 6) is -0.332. The predicted octanol–water partition coefficient (Wildman–Crippen LogP) is 2.39. The molecule has 3 heteroatoms. The van der Waals surface area contributed by atoms with E-state index in [0.717, 1.165) is 6.21 Å². The lowest BCUT2D eigenvalue weighted by molar-refractivity contribution is 0.683. The highest BCUT2D eigenvalue weighted by Crippen LogP contribution is 2.10. The molecule has 0 atom stereocenters. The maximum Gasteiger partial charge on any atom is 0.137 e. The van der Waals surface area contributed by atoms with Crippen molar-refractivity contribution in [3.8, 4) is 0 Å². The van der Waals surface area contributed by atoms with Crippen LogP contribution in [-0.2, 0) is 0 Å². The molecule has 9 heavy (non-hydrogen) atoms. The van der Waals surface area contributed by atoms with E-state index in [9.17, 15) is 4.39 Å². The lowest BCUT2D eigenvalue weighted by Crippen LogP contribution is -1.70. The summed E-state index contributed by atoms with van der Waals surface area (Å²) < 4.78 is 12.2. The number of hydrogen-bond acceptors (Lipinski definition) is 1. The van der Waals surface area contributed by atoms with E-state index in [0.29, 0.717) is 11.6 Å². The summed E-state index contributed by atoms with van der Waals surface area (Å²) in [6, 6.07) is 0. The van der Waals surface area contributed by atoms with Crippen LogP contribution in [0, 0.1) is 0 Å². The first-order chi connectivity index (χ1) is 4.29. The predicted molar refractivity (Wildman–Crippen MR) is 36.2 cm³/mol. The highest BCUT2D eigenvalue weighted by molar-refractivity contribution is 6.29. The lowest BCUT2D eigenvalue weighted by atomic mass is 10.4. The molecule has 0 unspecified atom stereocenters. The molecule has 1 rings (SSSR count). The van der Waals surface area contributed by atoms with Crippen molar-refractivity contribution in [1.29, 1.82) is 0 Å². The van der Waals surface area contributed by atoms with Crippen LogP contribution in [0.2, 0.25) is 0 Å². The van der Waals surface area contributed by atoms with E-state index in [2.05, 4.69) is 4.99 Å². The third kappa shape index (κ3) is 1.98. The van der Waals surface area contributed by atoms with Crippen LogP contribution in [0.15, 0.2) is 28.1 Å². The van der Waals surface area contributed by atoms with Crippen molar-refractivity contribution in [2.24, 2.45) is 4.99 Å². The molecule has 1 aliphatic heterocycles. The van der Waals surface area contributed by atoms with E-state index < -0.39 is 0 Å². The second kappa shape index (κ2) is 2.78. The topological polar surface area (TPSA) is 12.4 Å². The van der Waals surface area contributed by atoms with Gasteiger partial charge in [-0.15, -0.1) is 0 Å². The van der Waals surface area contributed by atoms with Gasteiger partial charge in [-0.25, -0.2) is 9.38 Å². The van der Waals surface area contributed by atoms with Crippen LogP contribution < -0.4 is 0 Å². The van der Waals surface area contributed by atoms with Gasteiger partial charge in [0.1, 0.15) is 11.0 Å². The summed E-state index contributed by atoms with van der Waals surface area (Å²) in [4.78, 5) is 3.56. The molecule has 0 fully saturated rings. The van der Waals surface area contributed by atoms with Gasteiger partial charge < -0.3 is 0 Å². The largest absolute Gasteiger partial charge is 0.242 e. The Bertz CT molecular complexity index is 173. The Labute approximate surface area is 57.5 Å². The molecule has 0 amide bonds. The molecule has 1 heterocycles. The van der Waals surface area contributed by atoms with Crippen LogP contribution in [0.1, 0.15) is 6.42 Å². The van der Waals surface area contributed by atoms with Gasteiger partial charge in [-0.3, -0.25) is 0 Å². The second-order valence-electron chi connectivity index (χ2n) is 1.61. The Morgan fingerprint density at radius 1 is 1.56 bits per heavy atom. The number of halogens is 2. The summed E-state index contributed by atoms with van der Waals surface area (Å²) in [5, 5.41) is 0.346. The fourth-order valence-electron chi connectivity index (χ4n) is 0.497. The quantitative estimate of drug-likeness (QED) is 0.464. The number of rotatable bonds is 0. The highest BCUT2D eigenvalue weighted by Gasteiger charge is 1.93. The number of hydrogen-bond donors (Lipinski definition) is 0. The Morgan fingerprint density at radius 2 is 2.33 bits per heavy atom. The Balaban J connectivity index is 2.75. The van der Waals surface area contributed by atoms with Gasteiger partial charge in [0.05, 0.1) is 6.21 Å². The van der Waals surface area contributed by atoms with Crippen molar-refractivity contribution in [3.05, 3.63) is 23.1 Å². The maximum atomic E-state index is 12.2. The monoisotopic (exact) mass is 145 g/mol. The minimum Gasteiger partial charge on any atom is -0.242 e. The SMILES string of the molecule is FC1=CCC=C(Cl)N=C1. The van der Waals surface area contributed by atoms with Crippen LogP contribution in [0.3, 0.4) is 0 Å². The molecule has 0 aliphatic carbocycles. The molecule has 0 saturated carbocycles. The highest BCUT2D eigenvalue weighted by atomic mass is 35.5. The summed E-state index contributed by atoms with van der Waals surface area (Å²) >= 11 is 5.45. The van der Waals surface area contributed by atoms with E-state index in [1.165, 1.54) is 6.08 Å². The van der Waals surface area contributed by atoms with Crippen LogP contribution in [0.4, 0.5) is 4.39 Å². The minimum absolute atomic E-state index is 0.332. The van der Waals surface area contributed by atoms with E-state index in [-0.39, 0.29) is 5.83 Å². The van der Waals surface area contributed by atoms with Crippen LogP contribution in [0.25, 0.3) is 0 Å². The molecule has 0 aromatic heterocycles. The molecule has 0 radical (unpaired) electrons. The maximum absolute atomic E-state index is 12.2. The molecule has 0 aromatic rings. The van der Waals surface area contributed by atoms with E-state index >= 15 is 0 Å². The first kappa shape index (κ1) is 6.49. The minimum atomic E-state index is -0.332. The Hall–Kier alpha value is -0.630. The van der Waals surface area contributed by atoms with Crippen LogP contribution in [-0.4, -0.2) is 6.21 Å². The molecule has 0 saturated heterocycles. The van der Waals surface area contributed by atoms with Crippen molar-refractivity contribution < 1.29 is 4.39 Å². The summed E-state index contributed by atoms with van der Waals surface area (Å²) in [6.45, 7) is 0. The van der Waals surface area contributed by atoms with Crippen molar-refractivity contribution in [2.45, 2.75) is 6.42 Å². The molecule has 0 spiro atoms. The molecule has 48 valence electrons. The lowest BCUT2D eigenvalue weighted by Gasteiger charge is -1.79. The van der Waals surface area contributed by atoms with Crippen molar-refractivity contribution in [3.63, 3.8) is 0 Å². The van der Waals surface area contributed by atoms with E-state index in [1.54, 1.807) is 6.08 Å².